The summed E-state index contributed by atoms with van der Waals surface area (Å²) >= 11 is 0. The summed E-state index contributed by atoms with van der Waals surface area (Å²) in [7, 11) is -3.34. The molecule has 1 aromatic carbocycles. The van der Waals surface area contributed by atoms with Crippen molar-refractivity contribution in [3.8, 4) is 17.3 Å². The van der Waals surface area contributed by atoms with Gasteiger partial charge in [-0.05, 0) is 36.4 Å². The van der Waals surface area contributed by atoms with Gasteiger partial charge in [-0.1, -0.05) is 0 Å². The van der Waals surface area contributed by atoms with Crippen LogP contribution in [0.25, 0.3) is 28.3 Å². The monoisotopic (exact) mass is 520 g/mol. The normalized spacial score (nSPS) is 28.4. The zero-order valence-electron chi connectivity index (χ0n) is 35.7. The molecule has 192 valence electrons. The number of aromatic nitrogens is 6. The van der Waals surface area contributed by atoms with Gasteiger partial charge in [-0.25, -0.2) is 9.67 Å². The number of nitrogens with two attached hydrogens (primary N) is 1. The van der Waals surface area contributed by atoms with Gasteiger partial charge in [0.05, 0.1) is 48.7 Å². The average Bonchev–Trinajstić information content (AvgIpc) is 3.78. The lowest BCUT2D eigenvalue weighted by atomic mass is 10.2. The van der Waals surface area contributed by atoms with Crippen LogP contribution in [0.2, 0.25) is 0 Å². The maximum atomic E-state index is 8.90. The highest BCUT2D eigenvalue weighted by Crippen LogP contribution is 2.24. The number of furan rings is 1. The van der Waals surface area contributed by atoms with Gasteiger partial charge in [-0.15, -0.1) is 5.10 Å². The molecule has 0 bridgehead atoms. The quantitative estimate of drug-likeness (QED) is 0.309. The van der Waals surface area contributed by atoms with Gasteiger partial charge in [-0.2, -0.15) is 14.6 Å². The Morgan fingerprint density at radius 2 is 1.97 bits per heavy atom. The molecular formula is C25H29N9O3. The first-order valence-corrected chi connectivity index (χ1v) is 10.6. The third-order valence-electron chi connectivity index (χ3n) is 5.10. The van der Waals surface area contributed by atoms with Crippen LogP contribution in [0.3, 0.4) is 0 Å². The molecule has 37 heavy (non-hydrogen) atoms. The van der Waals surface area contributed by atoms with Crippen molar-refractivity contribution in [3.63, 3.8) is 0 Å². The Labute approximate surface area is 237 Å². The average molecular weight is 521 g/mol. The van der Waals surface area contributed by atoms with E-state index >= 15 is 0 Å². The zero-order valence-corrected chi connectivity index (χ0v) is 18.7. The lowest BCUT2D eigenvalue weighted by molar-refractivity contribution is 0.146. The number of fused-ring (bicyclic) bond motifs is 3. The molecule has 0 spiro atoms. The second kappa shape index (κ2) is 10.1. The van der Waals surface area contributed by atoms with Crippen LogP contribution in [0.1, 0.15) is 23.3 Å². The van der Waals surface area contributed by atoms with E-state index in [0.717, 1.165) is 28.8 Å². The highest BCUT2D eigenvalue weighted by molar-refractivity contribution is 5.90. The number of benzene rings is 1. The van der Waals surface area contributed by atoms with Crippen LogP contribution in [0.4, 0.5) is 11.6 Å². The molecular weight excluding hydrogens is 474 g/mol. The second-order valence-electron chi connectivity index (χ2n) is 7.34. The van der Waals surface area contributed by atoms with Crippen LogP contribution >= 0.6 is 0 Å². The van der Waals surface area contributed by atoms with Crippen LogP contribution < -0.4 is 15.4 Å². The molecule has 1 saturated heterocycles. The fourth-order valence-electron chi connectivity index (χ4n) is 3.42. The SMILES string of the molecule is [2H]C([2H])([2H])OC([2H])([2H])C([2H])([2H])Oc1ccc(N2C([2H])([2H])C([2H])([2H])N(CC([2H])([2H])n3ncc4c3nc(N)n3nc(-c5ccco5)nc43)C([2H])([2H])C2([2H])[2H])cc1. The predicted molar refractivity (Wildman–Crippen MR) is 139 cm³/mol. The largest absolute Gasteiger partial charge is 0.491 e. The van der Waals surface area contributed by atoms with Gasteiger partial charge in [0, 0.05) is 50.7 Å². The molecule has 0 aliphatic carbocycles. The van der Waals surface area contributed by atoms with Gasteiger partial charge < -0.3 is 24.5 Å². The lowest BCUT2D eigenvalue weighted by Gasteiger charge is -2.36. The van der Waals surface area contributed by atoms with Gasteiger partial charge in [0.2, 0.25) is 11.8 Å². The molecule has 12 nitrogen and oxygen atoms in total. The molecule has 2 N–H and O–H groups in total. The highest BCUT2D eigenvalue weighted by atomic mass is 16.5. The van der Waals surface area contributed by atoms with E-state index in [4.69, 9.17) is 38.2 Å². The number of anilines is 2. The minimum atomic E-state index is -3.50. The van der Waals surface area contributed by atoms with Crippen molar-refractivity contribution in [1.29, 1.82) is 0 Å². The molecule has 0 atom stereocenters. The van der Waals surface area contributed by atoms with Crippen molar-refractivity contribution < 1.29 is 37.2 Å². The van der Waals surface area contributed by atoms with E-state index in [-0.39, 0.29) is 44.0 Å². The minimum Gasteiger partial charge on any atom is -0.491 e. The fraction of sp³-hybridized carbons (Fsp3) is 0.360. The lowest BCUT2D eigenvalue weighted by Crippen LogP contribution is -2.47. The fourth-order valence-corrected chi connectivity index (χ4v) is 3.42. The molecule has 12 heteroatoms. The summed E-state index contributed by atoms with van der Waals surface area (Å²) in [6, 6.07) is 6.84. The highest BCUT2D eigenvalue weighted by Gasteiger charge is 2.20. The van der Waals surface area contributed by atoms with Gasteiger partial charge in [0.25, 0.3) is 0 Å². The summed E-state index contributed by atoms with van der Waals surface area (Å²) in [6.45, 7) is -25.1. The number of nitrogen functional groups attached to an aromatic ring is 1. The van der Waals surface area contributed by atoms with Crippen molar-refractivity contribution in [2.45, 2.75) is 6.50 Å². The summed E-state index contributed by atoms with van der Waals surface area (Å²) in [5.41, 5.74) is 5.48. The summed E-state index contributed by atoms with van der Waals surface area (Å²) in [5.74, 6) is -0.327. The zero-order chi connectivity index (χ0) is 40.2. The van der Waals surface area contributed by atoms with Crippen molar-refractivity contribution in [2.24, 2.45) is 0 Å². The maximum absolute atomic E-state index is 8.90. The molecule has 1 fully saturated rings. The van der Waals surface area contributed by atoms with Crippen molar-refractivity contribution >= 4 is 28.3 Å². The molecule has 0 unspecified atom stereocenters. The number of rotatable bonds is 9. The van der Waals surface area contributed by atoms with Crippen molar-refractivity contribution in [1.82, 2.24) is 34.3 Å². The van der Waals surface area contributed by atoms with Crippen molar-refractivity contribution in [2.75, 3.05) is 63.3 Å². The molecule has 6 rings (SSSR count). The Morgan fingerprint density at radius 3 is 2.76 bits per heavy atom. The number of piperazine rings is 1. The molecule has 4 aromatic heterocycles. The molecule has 0 saturated carbocycles. The van der Waals surface area contributed by atoms with Crippen LogP contribution in [-0.4, -0.2) is 87.0 Å². The third-order valence-corrected chi connectivity index (χ3v) is 5.10. The van der Waals surface area contributed by atoms with Gasteiger partial charge in [0.15, 0.2) is 17.1 Å². The van der Waals surface area contributed by atoms with E-state index in [0.29, 0.717) is 4.68 Å². The first-order valence-electron chi connectivity index (χ1n) is 19.1. The molecule has 0 radical (unpaired) electrons. The number of hydrogen-bond donors (Lipinski definition) is 1. The number of ether oxygens (including phenoxy) is 2. The van der Waals surface area contributed by atoms with Gasteiger partial charge in [0.1, 0.15) is 12.3 Å². The summed E-state index contributed by atoms with van der Waals surface area (Å²) in [5, 5.41) is 8.42. The summed E-state index contributed by atoms with van der Waals surface area (Å²) < 4.78 is 157. The Kier molecular flexibility index (Phi) is 3.01. The minimum absolute atomic E-state index is 0.0665. The first kappa shape index (κ1) is 11.1. The number of nitrogens with zero attached hydrogens (tertiary/aromatic N) is 8. The van der Waals surface area contributed by atoms with E-state index in [1.807, 2.05) is 0 Å². The van der Waals surface area contributed by atoms with Crippen LogP contribution in [0.15, 0.2) is 53.3 Å². The number of methoxy groups -OCH3 is 1. The molecule has 5 aromatic rings. The summed E-state index contributed by atoms with van der Waals surface area (Å²) in [6.07, 6.45) is 2.57. The van der Waals surface area contributed by atoms with Crippen LogP contribution in [-0.2, 0) is 11.2 Å². The molecule has 0 amide bonds. The van der Waals surface area contributed by atoms with E-state index in [1.54, 1.807) is 12.1 Å². The van der Waals surface area contributed by atoms with E-state index < -0.39 is 70.6 Å². The van der Waals surface area contributed by atoms with Gasteiger partial charge >= 0.3 is 0 Å². The standard InChI is InChI=1S/C25H29N9O3/c1-35-15-16-36-19-6-4-18(5-7-19)32-11-8-31(9-12-32)10-13-33-23-20(17-27-33)24-28-22(21-3-2-14-37-21)30-34(24)25(26)29-23/h2-7,14,17H,8-13,15-16H2,1H3,(H2,26,29)/i1D3,8D2,9D2,11D2,12D2,13D2,15D2,16D2. The topological polar surface area (TPSA) is 125 Å². The van der Waals surface area contributed by atoms with E-state index in [9.17, 15) is 0 Å². The van der Waals surface area contributed by atoms with Crippen LogP contribution in [0, 0.1) is 0 Å². The second-order valence-corrected chi connectivity index (χ2v) is 7.34. The maximum Gasteiger partial charge on any atom is 0.225 e. The van der Waals surface area contributed by atoms with Gasteiger partial charge in [-0.3, -0.25) is 4.90 Å². The predicted octanol–water partition coefficient (Wildman–Crippen LogP) is 2.16. The Morgan fingerprint density at radius 1 is 1.11 bits per heavy atom. The Bertz CT molecular complexity index is 2160. The van der Waals surface area contributed by atoms with E-state index in [1.165, 1.54) is 12.5 Å². The van der Waals surface area contributed by atoms with Crippen molar-refractivity contribution in [3.05, 3.63) is 48.9 Å². The molecule has 1 aliphatic rings. The molecule has 5 heterocycles. The Balaban J connectivity index is 1.32. The smallest absolute Gasteiger partial charge is 0.225 e. The Hall–Kier alpha value is -4.16. The summed E-state index contributed by atoms with van der Waals surface area (Å²) in [4.78, 5) is 8.78. The third kappa shape index (κ3) is 4.68. The van der Waals surface area contributed by atoms with E-state index in [2.05, 4.69) is 24.9 Å². The molecule has 1 aliphatic heterocycles. The first-order chi connectivity index (χ1) is 24.6. The van der Waals surface area contributed by atoms with Crippen LogP contribution in [0.5, 0.6) is 5.75 Å². The number of hydrogen-bond acceptors (Lipinski definition) is 10.